The number of halogens is 1. The summed E-state index contributed by atoms with van der Waals surface area (Å²) < 4.78 is 6.00. The van der Waals surface area contributed by atoms with Gasteiger partial charge < -0.3 is 15.0 Å². The van der Waals surface area contributed by atoms with Gasteiger partial charge in [-0.05, 0) is 48.7 Å². The fraction of sp³-hybridized carbons (Fsp3) is 0.667. The number of piperidine rings is 1. The molecule has 2 fully saturated rings. The van der Waals surface area contributed by atoms with E-state index in [9.17, 15) is 4.79 Å². The number of carbonyl (C=O) groups excluding carboxylic acids is 1. The molecule has 0 bridgehead atoms. The third-order valence-electron chi connectivity index (χ3n) is 4.13. The highest BCUT2D eigenvalue weighted by atomic mass is 35.5. The molecule has 3 heterocycles. The van der Waals surface area contributed by atoms with Gasteiger partial charge in [-0.2, -0.15) is 11.3 Å². The van der Waals surface area contributed by atoms with Crippen LogP contribution in [0, 0.1) is 5.92 Å². The highest BCUT2D eigenvalue weighted by molar-refractivity contribution is 7.07. The van der Waals surface area contributed by atoms with Gasteiger partial charge in [-0.1, -0.05) is 0 Å². The van der Waals surface area contributed by atoms with E-state index in [1.165, 1.54) is 5.56 Å². The maximum atomic E-state index is 12.6. The normalized spacial score (nSPS) is 29.8. The van der Waals surface area contributed by atoms with Crippen LogP contribution in [0.3, 0.4) is 0 Å². The van der Waals surface area contributed by atoms with Gasteiger partial charge in [0.05, 0.1) is 18.6 Å². The molecule has 21 heavy (non-hydrogen) atoms. The lowest BCUT2D eigenvalue weighted by Gasteiger charge is -2.39. The zero-order valence-electron chi connectivity index (χ0n) is 12.3. The van der Waals surface area contributed by atoms with Crippen LogP contribution in [0.4, 0.5) is 0 Å². The molecular formula is C15H23ClN2O2S. The summed E-state index contributed by atoms with van der Waals surface area (Å²) in [4.78, 5) is 14.7. The van der Waals surface area contributed by atoms with Gasteiger partial charge >= 0.3 is 0 Å². The van der Waals surface area contributed by atoms with Gasteiger partial charge in [0.1, 0.15) is 6.10 Å². The van der Waals surface area contributed by atoms with Crippen LogP contribution in [0.25, 0.3) is 0 Å². The summed E-state index contributed by atoms with van der Waals surface area (Å²) in [7, 11) is 0. The van der Waals surface area contributed by atoms with Gasteiger partial charge in [0.2, 0.25) is 5.91 Å². The SMILES string of the molecule is CC1CN(C(=O)C2CCCNC2)CC(c2ccsc2)O1.Cl. The lowest BCUT2D eigenvalue weighted by molar-refractivity contribution is -0.149. The monoisotopic (exact) mass is 330 g/mol. The predicted molar refractivity (Wildman–Crippen MR) is 87.0 cm³/mol. The Balaban J connectivity index is 0.00000161. The molecule has 6 heteroatoms. The molecule has 1 aromatic heterocycles. The van der Waals surface area contributed by atoms with Crippen molar-refractivity contribution in [1.82, 2.24) is 10.2 Å². The first kappa shape index (κ1) is 16.7. The van der Waals surface area contributed by atoms with Crippen molar-refractivity contribution in [3.63, 3.8) is 0 Å². The van der Waals surface area contributed by atoms with Crippen molar-refractivity contribution in [3.8, 4) is 0 Å². The van der Waals surface area contributed by atoms with Crippen molar-refractivity contribution in [2.45, 2.75) is 32.0 Å². The lowest BCUT2D eigenvalue weighted by Crippen LogP contribution is -2.50. The van der Waals surface area contributed by atoms with E-state index in [0.29, 0.717) is 12.5 Å². The number of hydrogen-bond acceptors (Lipinski definition) is 4. The average molecular weight is 331 g/mol. The molecule has 1 amide bonds. The first-order chi connectivity index (χ1) is 9.74. The molecular weight excluding hydrogens is 308 g/mol. The van der Waals surface area contributed by atoms with E-state index in [1.807, 2.05) is 4.90 Å². The van der Waals surface area contributed by atoms with Gasteiger partial charge in [0, 0.05) is 13.1 Å². The van der Waals surface area contributed by atoms with Gasteiger partial charge in [-0.3, -0.25) is 4.79 Å². The number of rotatable bonds is 2. The number of amides is 1. The van der Waals surface area contributed by atoms with E-state index >= 15 is 0 Å². The Hall–Kier alpha value is -0.620. The fourth-order valence-corrected chi connectivity index (χ4v) is 3.80. The molecule has 2 aliphatic heterocycles. The van der Waals surface area contributed by atoms with Crippen molar-refractivity contribution < 1.29 is 9.53 Å². The Kier molecular flexibility index (Phi) is 6.05. The van der Waals surface area contributed by atoms with Crippen molar-refractivity contribution >= 4 is 29.7 Å². The first-order valence-electron chi connectivity index (χ1n) is 7.41. The van der Waals surface area contributed by atoms with Crippen molar-refractivity contribution in [3.05, 3.63) is 22.4 Å². The highest BCUT2D eigenvalue weighted by Gasteiger charge is 2.33. The van der Waals surface area contributed by atoms with E-state index < -0.39 is 0 Å². The molecule has 3 atom stereocenters. The summed E-state index contributed by atoms with van der Waals surface area (Å²) in [6.45, 7) is 5.33. The lowest BCUT2D eigenvalue weighted by atomic mass is 9.97. The molecule has 0 aromatic carbocycles. The number of nitrogens with one attached hydrogen (secondary N) is 1. The Morgan fingerprint density at radius 3 is 3.00 bits per heavy atom. The Labute approximate surface area is 136 Å². The summed E-state index contributed by atoms with van der Waals surface area (Å²) in [6, 6.07) is 2.10. The third kappa shape index (κ3) is 3.97. The van der Waals surface area contributed by atoms with Crippen LogP contribution in [-0.4, -0.2) is 43.1 Å². The van der Waals surface area contributed by atoms with E-state index in [0.717, 1.165) is 32.5 Å². The van der Waals surface area contributed by atoms with Crippen LogP contribution in [0.15, 0.2) is 16.8 Å². The number of morpholine rings is 1. The highest BCUT2D eigenvalue weighted by Crippen LogP contribution is 2.28. The minimum absolute atomic E-state index is 0. The topological polar surface area (TPSA) is 41.6 Å². The van der Waals surface area contributed by atoms with Crippen LogP contribution < -0.4 is 5.32 Å². The van der Waals surface area contributed by atoms with Crippen LogP contribution in [-0.2, 0) is 9.53 Å². The molecule has 1 aromatic rings. The molecule has 2 saturated heterocycles. The van der Waals surface area contributed by atoms with Crippen molar-refractivity contribution in [2.75, 3.05) is 26.2 Å². The number of carbonyl (C=O) groups is 1. The van der Waals surface area contributed by atoms with E-state index in [-0.39, 0.29) is 30.5 Å². The maximum Gasteiger partial charge on any atom is 0.227 e. The molecule has 3 unspecified atom stereocenters. The zero-order chi connectivity index (χ0) is 13.9. The third-order valence-corrected chi connectivity index (χ3v) is 4.83. The zero-order valence-corrected chi connectivity index (χ0v) is 13.9. The molecule has 4 nitrogen and oxygen atoms in total. The smallest absolute Gasteiger partial charge is 0.227 e. The molecule has 0 radical (unpaired) electrons. The number of thiophene rings is 1. The van der Waals surface area contributed by atoms with E-state index in [4.69, 9.17) is 4.74 Å². The average Bonchev–Trinajstić information content (AvgIpc) is 3.01. The second kappa shape index (κ2) is 7.58. The number of ether oxygens (including phenoxy) is 1. The molecule has 0 aliphatic carbocycles. The fourth-order valence-electron chi connectivity index (χ4n) is 3.09. The number of nitrogens with zero attached hydrogens (tertiary/aromatic N) is 1. The molecule has 0 spiro atoms. The Morgan fingerprint density at radius 1 is 1.48 bits per heavy atom. The largest absolute Gasteiger partial charge is 0.367 e. The van der Waals surface area contributed by atoms with Crippen LogP contribution in [0.2, 0.25) is 0 Å². The Bertz CT molecular complexity index is 449. The minimum Gasteiger partial charge on any atom is -0.367 e. The molecule has 0 saturated carbocycles. The standard InChI is InChI=1S/C15H22N2O2S.ClH/c1-11-8-17(15(18)12-3-2-5-16-7-12)9-14(19-11)13-4-6-20-10-13;/h4,6,10-12,14,16H,2-3,5,7-9H2,1H3;1H. The Morgan fingerprint density at radius 2 is 2.33 bits per heavy atom. The van der Waals surface area contributed by atoms with Crippen LogP contribution in [0.5, 0.6) is 0 Å². The summed E-state index contributed by atoms with van der Waals surface area (Å²) in [5.74, 6) is 0.449. The second-order valence-electron chi connectivity index (χ2n) is 5.78. The van der Waals surface area contributed by atoms with Gasteiger partial charge in [-0.25, -0.2) is 0 Å². The predicted octanol–water partition coefficient (Wildman–Crippen LogP) is 2.46. The summed E-state index contributed by atoms with van der Waals surface area (Å²) in [5, 5.41) is 7.51. The van der Waals surface area contributed by atoms with Crippen molar-refractivity contribution in [2.24, 2.45) is 5.92 Å². The van der Waals surface area contributed by atoms with Gasteiger partial charge in [-0.15, -0.1) is 12.4 Å². The minimum atomic E-state index is 0. The summed E-state index contributed by atoms with van der Waals surface area (Å²) >= 11 is 1.68. The maximum absolute atomic E-state index is 12.6. The molecule has 118 valence electrons. The van der Waals surface area contributed by atoms with Crippen LogP contribution >= 0.6 is 23.7 Å². The quantitative estimate of drug-likeness (QED) is 0.905. The number of hydrogen-bond donors (Lipinski definition) is 1. The first-order valence-corrected chi connectivity index (χ1v) is 8.35. The molecule has 2 aliphatic rings. The van der Waals surface area contributed by atoms with Gasteiger partial charge in [0.25, 0.3) is 0 Å². The second-order valence-corrected chi connectivity index (χ2v) is 6.56. The summed E-state index contributed by atoms with van der Waals surface area (Å²) in [6.07, 6.45) is 2.25. The summed E-state index contributed by atoms with van der Waals surface area (Å²) in [5.41, 5.74) is 1.20. The van der Waals surface area contributed by atoms with E-state index in [2.05, 4.69) is 29.1 Å². The molecule has 3 rings (SSSR count). The van der Waals surface area contributed by atoms with Crippen molar-refractivity contribution in [1.29, 1.82) is 0 Å². The van der Waals surface area contributed by atoms with E-state index in [1.54, 1.807) is 11.3 Å². The van der Waals surface area contributed by atoms with Gasteiger partial charge in [0.15, 0.2) is 0 Å². The van der Waals surface area contributed by atoms with Crippen LogP contribution in [0.1, 0.15) is 31.4 Å². The molecule has 1 N–H and O–H groups in total.